The fraction of sp³-hybridized carbons (Fsp3) is 0.385. The van der Waals surface area contributed by atoms with Crippen LogP contribution in [0.2, 0.25) is 0 Å². The van der Waals surface area contributed by atoms with E-state index in [-0.39, 0.29) is 0 Å². The quantitative estimate of drug-likeness (QED) is 0.781. The van der Waals surface area contributed by atoms with Crippen molar-refractivity contribution < 1.29 is 0 Å². The Bertz CT molecular complexity index is 510. The fourth-order valence-electron chi connectivity index (χ4n) is 1.74. The Balaban J connectivity index is 2.16. The molecule has 0 saturated carbocycles. The van der Waals surface area contributed by atoms with E-state index in [4.69, 9.17) is 0 Å². The van der Waals surface area contributed by atoms with Crippen LogP contribution in [0, 0.1) is 0 Å². The fourth-order valence-corrected chi connectivity index (χ4v) is 3.54. The number of hydrogen-bond donors (Lipinski definition) is 0. The Hall–Kier alpha value is -0.810. The minimum atomic E-state index is 0.908. The SMILES string of the molecule is CCc1nn(CC)c(CSc2ccncc2)c1Br. The van der Waals surface area contributed by atoms with Crippen LogP contribution in [0.4, 0.5) is 0 Å². The van der Waals surface area contributed by atoms with Gasteiger partial charge < -0.3 is 0 Å². The second-order valence-corrected chi connectivity index (χ2v) is 5.69. The van der Waals surface area contributed by atoms with E-state index in [1.54, 1.807) is 0 Å². The van der Waals surface area contributed by atoms with E-state index in [1.807, 2.05) is 36.3 Å². The molecule has 3 nitrogen and oxygen atoms in total. The summed E-state index contributed by atoms with van der Waals surface area (Å²) >= 11 is 5.48. The molecule has 2 rings (SSSR count). The maximum absolute atomic E-state index is 4.60. The zero-order valence-corrected chi connectivity index (χ0v) is 13.0. The Morgan fingerprint density at radius 2 is 2.00 bits per heavy atom. The van der Waals surface area contributed by atoms with Gasteiger partial charge in [0.2, 0.25) is 0 Å². The highest BCUT2D eigenvalue weighted by Gasteiger charge is 2.13. The standard InChI is InChI=1S/C13H16BrN3S/c1-3-11-13(14)12(17(4-2)16-11)9-18-10-5-7-15-8-6-10/h5-8H,3-4,9H2,1-2H3. The molecule has 0 atom stereocenters. The smallest absolute Gasteiger partial charge is 0.0767 e. The minimum absolute atomic E-state index is 0.908. The highest BCUT2D eigenvalue weighted by Crippen LogP contribution is 2.29. The normalized spacial score (nSPS) is 10.8. The molecule has 2 heterocycles. The lowest BCUT2D eigenvalue weighted by Crippen LogP contribution is -2.01. The van der Waals surface area contributed by atoms with Gasteiger partial charge in [0.15, 0.2) is 0 Å². The van der Waals surface area contributed by atoms with Crippen molar-refractivity contribution in [2.75, 3.05) is 0 Å². The predicted molar refractivity (Wildman–Crippen MR) is 78.8 cm³/mol. The maximum Gasteiger partial charge on any atom is 0.0767 e. The van der Waals surface area contributed by atoms with Gasteiger partial charge in [0.25, 0.3) is 0 Å². The third kappa shape index (κ3) is 2.95. The molecule has 0 spiro atoms. The Labute approximate surface area is 120 Å². The van der Waals surface area contributed by atoms with Crippen molar-refractivity contribution in [3.05, 3.63) is 40.4 Å². The van der Waals surface area contributed by atoms with E-state index in [0.29, 0.717) is 0 Å². The zero-order chi connectivity index (χ0) is 13.0. The third-order valence-corrected chi connectivity index (χ3v) is 4.66. The Morgan fingerprint density at radius 1 is 1.28 bits per heavy atom. The van der Waals surface area contributed by atoms with Crippen molar-refractivity contribution in [3.63, 3.8) is 0 Å². The van der Waals surface area contributed by atoms with Crippen molar-refractivity contribution in [2.24, 2.45) is 0 Å². The summed E-state index contributed by atoms with van der Waals surface area (Å²) in [4.78, 5) is 5.26. The summed E-state index contributed by atoms with van der Waals surface area (Å²) < 4.78 is 3.24. The van der Waals surface area contributed by atoms with Crippen LogP contribution in [0.1, 0.15) is 25.2 Å². The summed E-state index contributed by atoms with van der Waals surface area (Å²) in [5.74, 6) is 0.922. The van der Waals surface area contributed by atoms with Gasteiger partial charge in [-0.3, -0.25) is 9.67 Å². The van der Waals surface area contributed by atoms with Gasteiger partial charge in [-0.25, -0.2) is 0 Å². The first kappa shape index (κ1) is 13.6. The van der Waals surface area contributed by atoms with Crippen LogP contribution in [-0.2, 0) is 18.7 Å². The lowest BCUT2D eigenvalue weighted by molar-refractivity contribution is 0.627. The van der Waals surface area contributed by atoms with Crippen LogP contribution < -0.4 is 0 Å². The van der Waals surface area contributed by atoms with Gasteiger partial charge in [0, 0.05) is 29.6 Å². The number of pyridine rings is 1. The zero-order valence-electron chi connectivity index (χ0n) is 10.6. The van der Waals surface area contributed by atoms with Crippen LogP contribution in [0.15, 0.2) is 33.9 Å². The Kier molecular flexibility index (Phi) is 4.83. The number of hydrogen-bond acceptors (Lipinski definition) is 3. The molecule has 0 bridgehead atoms. The molecule has 2 aromatic heterocycles. The first-order chi connectivity index (χ1) is 8.76. The summed E-state index contributed by atoms with van der Waals surface area (Å²) in [7, 11) is 0. The van der Waals surface area contributed by atoms with E-state index >= 15 is 0 Å². The van der Waals surface area contributed by atoms with Gasteiger partial charge in [-0.1, -0.05) is 6.92 Å². The van der Waals surface area contributed by atoms with Crippen molar-refractivity contribution in [2.45, 2.75) is 37.5 Å². The summed E-state index contributed by atoms with van der Waals surface area (Å²) in [5, 5.41) is 4.60. The second-order valence-electron chi connectivity index (χ2n) is 3.85. The van der Waals surface area contributed by atoms with Crippen LogP contribution in [0.25, 0.3) is 0 Å². The topological polar surface area (TPSA) is 30.7 Å². The first-order valence-corrected chi connectivity index (χ1v) is 7.81. The van der Waals surface area contributed by atoms with Gasteiger partial charge in [-0.2, -0.15) is 5.10 Å². The molecule has 18 heavy (non-hydrogen) atoms. The first-order valence-electron chi connectivity index (χ1n) is 6.03. The molecule has 0 aliphatic carbocycles. The lowest BCUT2D eigenvalue weighted by atomic mass is 10.3. The van der Waals surface area contributed by atoms with Crippen LogP contribution in [0.5, 0.6) is 0 Å². The van der Waals surface area contributed by atoms with E-state index in [0.717, 1.165) is 28.9 Å². The molecule has 5 heteroatoms. The summed E-state index contributed by atoms with van der Waals surface area (Å²) in [6, 6.07) is 4.07. The maximum atomic E-state index is 4.60. The highest BCUT2D eigenvalue weighted by molar-refractivity contribution is 9.10. The molecular weight excluding hydrogens is 310 g/mol. The monoisotopic (exact) mass is 325 g/mol. The van der Waals surface area contributed by atoms with Gasteiger partial charge in [0.1, 0.15) is 0 Å². The minimum Gasteiger partial charge on any atom is -0.268 e. The second kappa shape index (κ2) is 6.38. The Morgan fingerprint density at radius 3 is 2.61 bits per heavy atom. The number of aryl methyl sites for hydroxylation is 2. The summed E-state index contributed by atoms with van der Waals surface area (Å²) in [6.07, 6.45) is 4.61. The largest absolute Gasteiger partial charge is 0.268 e. The molecule has 0 aliphatic rings. The van der Waals surface area contributed by atoms with E-state index in [1.165, 1.54) is 10.6 Å². The molecule has 0 amide bonds. The number of rotatable bonds is 5. The number of thioether (sulfide) groups is 1. The molecule has 0 aromatic carbocycles. The number of aromatic nitrogens is 3. The molecule has 0 N–H and O–H groups in total. The van der Waals surface area contributed by atoms with Crippen LogP contribution in [-0.4, -0.2) is 14.8 Å². The van der Waals surface area contributed by atoms with Crippen molar-refractivity contribution >= 4 is 27.7 Å². The van der Waals surface area contributed by atoms with Gasteiger partial charge in [-0.15, -0.1) is 11.8 Å². The number of nitrogens with zero attached hydrogens (tertiary/aromatic N) is 3. The van der Waals surface area contributed by atoms with Crippen molar-refractivity contribution in [1.29, 1.82) is 0 Å². The van der Waals surface area contributed by atoms with Crippen LogP contribution >= 0.6 is 27.7 Å². The molecule has 0 fully saturated rings. The molecule has 0 radical (unpaired) electrons. The highest BCUT2D eigenvalue weighted by atomic mass is 79.9. The van der Waals surface area contributed by atoms with Crippen molar-refractivity contribution in [1.82, 2.24) is 14.8 Å². The van der Waals surface area contributed by atoms with E-state index in [9.17, 15) is 0 Å². The molecule has 0 unspecified atom stereocenters. The van der Waals surface area contributed by atoms with Crippen molar-refractivity contribution in [3.8, 4) is 0 Å². The van der Waals surface area contributed by atoms with Gasteiger partial charge in [0.05, 0.1) is 15.9 Å². The molecule has 96 valence electrons. The molecule has 0 saturated heterocycles. The molecule has 0 aliphatic heterocycles. The predicted octanol–water partition coefficient (Wildman–Crippen LogP) is 3.92. The molecular formula is C13H16BrN3S. The summed E-state index contributed by atoms with van der Waals surface area (Å²) in [6.45, 7) is 5.16. The number of halogens is 1. The summed E-state index contributed by atoms with van der Waals surface area (Å²) in [5.41, 5.74) is 2.40. The van der Waals surface area contributed by atoms with E-state index < -0.39 is 0 Å². The van der Waals surface area contributed by atoms with Gasteiger partial charge >= 0.3 is 0 Å². The van der Waals surface area contributed by atoms with Crippen LogP contribution in [0.3, 0.4) is 0 Å². The lowest BCUT2D eigenvalue weighted by Gasteiger charge is -2.05. The average Bonchev–Trinajstić information content (AvgIpc) is 2.73. The third-order valence-electron chi connectivity index (χ3n) is 2.72. The van der Waals surface area contributed by atoms with E-state index in [2.05, 4.69) is 44.5 Å². The molecule has 2 aromatic rings. The average molecular weight is 326 g/mol. The van der Waals surface area contributed by atoms with Gasteiger partial charge in [-0.05, 0) is 41.4 Å².